The molecule has 1 unspecified atom stereocenters. The highest BCUT2D eigenvalue weighted by molar-refractivity contribution is 5.78. The number of aryl methyl sites for hydroxylation is 1. The first-order valence-corrected chi connectivity index (χ1v) is 9.04. The number of amides is 1. The van der Waals surface area contributed by atoms with E-state index in [0.717, 1.165) is 56.2 Å². The van der Waals surface area contributed by atoms with Crippen LogP contribution in [0.2, 0.25) is 0 Å². The van der Waals surface area contributed by atoms with E-state index in [1.54, 1.807) is 4.68 Å². The molecule has 4 rings (SSSR count). The van der Waals surface area contributed by atoms with E-state index in [1.807, 2.05) is 36.6 Å². The van der Waals surface area contributed by atoms with Gasteiger partial charge in [-0.3, -0.25) is 9.48 Å². The van der Waals surface area contributed by atoms with Crippen LogP contribution in [0.3, 0.4) is 0 Å². The summed E-state index contributed by atoms with van der Waals surface area (Å²) in [6.45, 7) is 3.68. The van der Waals surface area contributed by atoms with Crippen molar-refractivity contribution in [3.63, 3.8) is 0 Å². The number of hydrogen-bond donors (Lipinski definition) is 0. The van der Waals surface area contributed by atoms with Gasteiger partial charge in [0, 0.05) is 57.6 Å². The van der Waals surface area contributed by atoms with E-state index in [-0.39, 0.29) is 0 Å². The molecule has 2 aliphatic rings. The van der Waals surface area contributed by atoms with Crippen LogP contribution in [0.4, 0.5) is 5.95 Å². The molecule has 1 amide bonds. The van der Waals surface area contributed by atoms with Gasteiger partial charge in [0.2, 0.25) is 11.9 Å². The van der Waals surface area contributed by atoms with Crippen LogP contribution in [0, 0.1) is 5.92 Å². The van der Waals surface area contributed by atoms with E-state index in [2.05, 4.69) is 15.0 Å². The molecule has 4 heterocycles. The van der Waals surface area contributed by atoms with Gasteiger partial charge in [-0.05, 0) is 31.2 Å². The Morgan fingerprint density at radius 2 is 2.20 bits per heavy atom. The van der Waals surface area contributed by atoms with Crippen molar-refractivity contribution in [1.29, 1.82) is 0 Å². The number of likely N-dealkylation sites (tertiary alicyclic amines) is 1. The summed E-state index contributed by atoms with van der Waals surface area (Å²) >= 11 is 0. The van der Waals surface area contributed by atoms with Crippen molar-refractivity contribution in [2.45, 2.75) is 25.7 Å². The lowest BCUT2D eigenvalue weighted by Crippen LogP contribution is -2.42. The number of hydrogen-bond acceptors (Lipinski definition) is 5. The van der Waals surface area contributed by atoms with Crippen LogP contribution in [0.15, 0.2) is 24.7 Å². The van der Waals surface area contributed by atoms with Gasteiger partial charge in [-0.15, -0.1) is 0 Å². The average Bonchev–Trinajstić information content (AvgIpc) is 3.24. The summed E-state index contributed by atoms with van der Waals surface area (Å²) in [6, 6.07) is 1.92. The standard InChI is InChI=1S/C18H24N6O/c1-22-13-15(10-20-22)16-6-7-19-18(21-16)24-9-2-4-14(12-24)11-23-8-3-5-17(23)25/h6-7,10,13-14H,2-5,8-9,11-12H2,1H3. The van der Waals surface area contributed by atoms with Crippen molar-refractivity contribution >= 4 is 11.9 Å². The van der Waals surface area contributed by atoms with Crippen LogP contribution < -0.4 is 4.90 Å². The summed E-state index contributed by atoms with van der Waals surface area (Å²) in [7, 11) is 1.90. The van der Waals surface area contributed by atoms with Gasteiger partial charge in [-0.2, -0.15) is 5.10 Å². The van der Waals surface area contributed by atoms with Crippen LogP contribution >= 0.6 is 0 Å². The predicted octanol–water partition coefficient (Wildman–Crippen LogP) is 1.72. The molecule has 7 heteroatoms. The summed E-state index contributed by atoms with van der Waals surface area (Å²) in [5.41, 5.74) is 1.90. The Bertz CT molecular complexity index is 758. The quantitative estimate of drug-likeness (QED) is 0.848. The fraction of sp³-hybridized carbons (Fsp3) is 0.556. The third-order valence-corrected chi connectivity index (χ3v) is 5.10. The zero-order chi connectivity index (χ0) is 17.2. The first-order valence-electron chi connectivity index (χ1n) is 9.04. The van der Waals surface area contributed by atoms with Gasteiger partial charge in [0.1, 0.15) is 0 Å². The molecule has 2 aromatic heterocycles. The SMILES string of the molecule is Cn1cc(-c2ccnc(N3CCCC(CN4CCCC4=O)C3)n2)cn1. The predicted molar refractivity (Wildman–Crippen MR) is 95.0 cm³/mol. The molecule has 0 N–H and O–H groups in total. The number of nitrogens with zero attached hydrogens (tertiary/aromatic N) is 6. The van der Waals surface area contributed by atoms with Gasteiger partial charge < -0.3 is 9.80 Å². The van der Waals surface area contributed by atoms with Crippen LogP contribution in [-0.2, 0) is 11.8 Å². The van der Waals surface area contributed by atoms with Crippen LogP contribution in [0.1, 0.15) is 25.7 Å². The number of rotatable bonds is 4. The van der Waals surface area contributed by atoms with E-state index < -0.39 is 0 Å². The molecule has 2 fully saturated rings. The lowest BCUT2D eigenvalue weighted by molar-refractivity contribution is -0.128. The van der Waals surface area contributed by atoms with Crippen molar-refractivity contribution in [3.8, 4) is 11.3 Å². The molecule has 25 heavy (non-hydrogen) atoms. The summed E-state index contributed by atoms with van der Waals surface area (Å²) in [5.74, 6) is 1.59. The molecular formula is C18H24N6O. The number of piperidine rings is 1. The third-order valence-electron chi connectivity index (χ3n) is 5.10. The summed E-state index contributed by atoms with van der Waals surface area (Å²) in [4.78, 5) is 25.4. The average molecular weight is 340 g/mol. The fourth-order valence-electron chi connectivity index (χ4n) is 3.82. The molecule has 2 aliphatic heterocycles. The van der Waals surface area contributed by atoms with Crippen molar-refractivity contribution in [1.82, 2.24) is 24.6 Å². The van der Waals surface area contributed by atoms with Gasteiger partial charge >= 0.3 is 0 Å². The van der Waals surface area contributed by atoms with Crippen LogP contribution in [0.5, 0.6) is 0 Å². The Morgan fingerprint density at radius 3 is 2.96 bits per heavy atom. The number of carbonyl (C=O) groups is 1. The normalized spacial score (nSPS) is 21.2. The second kappa shape index (κ2) is 6.82. The van der Waals surface area contributed by atoms with E-state index in [1.165, 1.54) is 6.42 Å². The molecule has 0 radical (unpaired) electrons. The van der Waals surface area contributed by atoms with Crippen molar-refractivity contribution < 1.29 is 4.79 Å². The highest BCUT2D eigenvalue weighted by atomic mass is 16.2. The Hall–Kier alpha value is -2.44. The number of carbonyl (C=O) groups excluding carboxylic acids is 1. The summed E-state index contributed by atoms with van der Waals surface area (Å²) in [6.07, 6.45) is 9.61. The van der Waals surface area contributed by atoms with E-state index >= 15 is 0 Å². The summed E-state index contributed by atoms with van der Waals surface area (Å²) < 4.78 is 1.78. The molecule has 0 spiro atoms. The van der Waals surface area contributed by atoms with E-state index in [9.17, 15) is 4.79 Å². The van der Waals surface area contributed by atoms with Gasteiger partial charge in [0.25, 0.3) is 0 Å². The highest BCUT2D eigenvalue weighted by Gasteiger charge is 2.27. The summed E-state index contributed by atoms with van der Waals surface area (Å²) in [5, 5.41) is 4.22. The minimum Gasteiger partial charge on any atom is -0.342 e. The Labute approximate surface area is 147 Å². The maximum absolute atomic E-state index is 11.9. The second-order valence-corrected chi connectivity index (χ2v) is 7.04. The van der Waals surface area contributed by atoms with Crippen LogP contribution in [-0.4, -0.2) is 56.7 Å². The molecule has 0 saturated carbocycles. The highest BCUT2D eigenvalue weighted by Crippen LogP contribution is 2.24. The molecule has 132 valence electrons. The molecule has 7 nitrogen and oxygen atoms in total. The largest absolute Gasteiger partial charge is 0.342 e. The lowest BCUT2D eigenvalue weighted by Gasteiger charge is -2.34. The molecular weight excluding hydrogens is 316 g/mol. The molecule has 0 aromatic carbocycles. The Morgan fingerprint density at radius 1 is 1.28 bits per heavy atom. The zero-order valence-corrected chi connectivity index (χ0v) is 14.6. The van der Waals surface area contributed by atoms with Gasteiger partial charge in [-0.1, -0.05) is 0 Å². The van der Waals surface area contributed by atoms with Crippen molar-refractivity contribution in [2.24, 2.45) is 13.0 Å². The fourth-order valence-corrected chi connectivity index (χ4v) is 3.82. The maximum Gasteiger partial charge on any atom is 0.225 e. The Kier molecular flexibility index (Phi) is 4.38. The minimum absolute atomic E-state index is 0.312. The van der Waals surface area contributed by atoms with E-state index in [0.29, 0.717) is 18.2 Å². The van der Waals surface area contributed by atoms with Crippen LogP contribution in [0.25, 0.3) is 11.3 Å². The van der Waals surface area contributed by atoms with E-state index in [4.69, 9.17) is 4.98 Å². The first kappa shape index (κ1) is 16.1. The minimum atomic E-state index is 0.312. The smallest absolute Gasteiger partial charge is 0.225 e. The van der Waals surface area contributed by atoms with Crippen molar-refractivity contribution in [2.75, 3.05) is 31.1 Å². The molecule has 0 bridgehead atoms. The van der Waals surface area contributed by atoms with Gasteiger partial charge in [0.05, 0.1) is 11.9 Å². The Balaban J connectivity index is 1.46. The lowest BCUT2D eigenvalue weighted by atomic mass is 9.97. The molecule has 2 aromatic rings. The number of aromatic nitrogens is 4. The third kappa shape index (κ3) is 3.50. The monoisotopic (exact) mass is 340 g/mol. The molecule has 2 saturated heterocycles. The maximum atomic E-state index is 11.9. The second-order valence-electron chi connectivity index (χ2n) is 7.04. The van der Waals surface area contributed by atoms with Gasteiger partial charge in [-0.25, -0.2) is 9.97 Å². The molecule has 0 aliphatic carbocycles. The van der Waals surface area contributed by atoms with Gasteiger partial charge in [0.15, 0.2) is 0 Å². The van der Waals surface area contributed by atoms with Crippen molar-refractivity contribution in [3.05, 3.63) is 24.7 Å². The number of anilines is 1. The topological polar surface area (TPSA) is 67.2 Å². The first-order chi connectivity index (χ1) is 12.2. The zero-order valence-electron chi connectivity index (χ0n) is 14.6. The molecule has 1 atom stereocenters.